The molecule has 0 radical (unpaired) electrons. The number of amides is 2. The van der Waals surface area contributed by atoms with Gasteiger partial charge < -0.3 is 15.1 Å². The van der Waals surface area contributed by atoms with Crippen LogP contribution in [-0.4, -0.2) is 6.03 Å². The van der Waals surface area contributed by atoms with Gasteiger partial charge in [-0.25, -0.2) is 18.4 Å². The highest BCUT2D eigenvalue weighted by atomic mass is 35.5. The summed E-state index contributed by atoms with van der Waals surface area (Å²) in [6.45, 7) is 3.65. The lowest BCUT2D eigenvalue weighted by Gasteiger charge is -2.16. The van der Waals surface area contributed by atoms with Crippen molar-refractivity contribution in [2.75, 3.05) is 10.6 Å². The van der Waals surface area contributed by atoms with E-state index in [1.165, 1.54) is 0 Å². The number of carbonyl (C=O) groups is 1. The van der Waals surface area contributed by atoms with Gasteiger partial charge >= 0.3 is 11.7 Å². The van der Waals surface area contributed by atoms with Crippen LogP contribution in [0.4, 0.5) is 25.0 Å². The van der Waals surface area contributed by atoms with Gasteiger partial charge in [-0.1, -0.05) is 35.9 Å². The maximum atomic E-state index is 13.9. The fourth-order valence-corrected chi connectivity index (χ4v) is 3.59. The fraction of sp³-hybridized carbons (Fsp3) is 0.0833. The number of aryl methyl sites for hydroxylation is 2. The molecule has 1 heterocycles. The van der Waals surface area contributed by atoms with E-state index in [4.69, 9.17) is 16.0 Å². The molecule has 0 saturated heterocycles. The SMILES string of the molecule is Cc1cc2oc(=O)c(NC(=O)Nc3ccc(F)cc3F)c(-c3ccccc3C)c2cc1Cl. The van der Waals surface area contributed by atoms with Gasteiger partial charge in [0.15, 0.2) is 0 Å². The van der Waals surface area contributed by atoms with Gasteiger partial charge in [0.25, 0.3) is 0 Å². The highest BCUT2D eigenvalue weighted by molar-refractivity contribution is 6.32. The van der Waals surface area contributed by atoms with Crippen LogP contribution in [0.5, 0.6) is 0 Å². The molecule has 0 aliphatic heterocycles. The molecule has 3 aromatic carbocycles. The average molecular weight is 455 g/mol. The van der Waals surface area contributed by atoms with Crippen LogP contribution in [0, 0.1) is 25.5 Å². The first-order valence-corrected chi connectivity index (χ1v) is 9.98. The molecule has 0 aliphatic rings. The number of hydrogen-bond donors (Lipinski definition) is 2. The highest BCUT2D eigenvalue weighted by Gasteiger charge is 2.21. The third-order valence-corrected chi connectivity index (χ3v) is 5.43. The number of anilines is 2. The van der Waals surface area contributed by atoms with Crippen molar-refractivity contribution in [3.63, 3.8) is 0 Å². The molecule has 0 saturated carbocycles. The average Bonchev–Trinajstić information content (AvgIpc) is 2.73. The maximum Gasteiger partial charge on any atom is 0.360 e. The molecule has 8 heteroatoms. The first-order chi connectivity index (χ1) is 15.2. The third kappa shape index (κ3) is 4.07. The van der Waals surface area contributed by atoms with E-state index in [1.807, 2.05) is 19.1 Å². The predicted molar refractivity (Wildman–Crippen MR) is 121 cm³/mol. The normalized spacial score (nSPS) is 10.9. The minimum Gasteiger partial charge on any atom is -0.421 e. The molecule has 0 aliphatic carbocycles. The van der Waals surface area contributed by atoms with Crippen LogP contribution in [0.25, 0.3) is 22.1 Å². The Hall–Kier alpha value is -3.71. The van der Waals surface area contributed by atoms with Crippen LogP contribution in [0.15, 0.2) is 63.8 Å². The fourth-order valence-electron chi connectivity index (χ4n) is 3.43. The Bertz CT molecular complexity index is 1430. The van der Waals surface area contributed by atoms with Crippen molar-refractivity contribution in [1.82, 2.24) is 0 Å². The highest BCUT2D eigenvalue weighted by Crippen LogP contribution is 2.37. The Morgan fingerprint density at radius 2 is 1.72 bits per heavy atom. The summed E-state index contributed by atoms with van der Waals surface area (Å²) in [6.07, 6.45) is 0. The number of fused-ring (bicyclic) bond motifs is 1. The van der Waals surface area contributed by atoms with Crippen LogP contribution < -0.4 is 16.3 Å². The Morgan fingerprint density at radius 1 is 0.969 bits per heavy atom. The molecule has 0 unspecified atom stereocenters. The smallest absolute Gasteiger partial charge is 0.360 e. The second-order valence-electron chi connectivity index (χ2n) is 7.26. The van der Waals surface area contributed by atoms with Crippen molar-refractivity contribution in [2.24, 2.45) is 0 Å². The number of carbonyl (C=O) groups excluding carboxylic acids is 1. The lowest BCUT2D eigenvalue weighted by Crippen LogP contribution is -2.24. The minimum atomic E-state index is -0.952. The molecule has 4 rings (SSSR count). The standard InChI is InChI=1S/C24H17ClF2N2O3/c1-12-5-3-4-6-15(12)21-16-11-17(25)13(2)9-20(16)32-23(30)22(21)29-24(31)28-19-8-7-14(26)10-18(19)27/h3-11H,1-2H3,(H2,28,29,31). The summed E-state index contributed by atoms with van der Waals surface area (Å²) in [5.74, 6) is -1.73. The summed E-state index contributed by atoms with van der Waals surface area (Å²) in [5.41, 5.74) is 1.84. The van der Waals surface area contributed by atoms with E-state index >= 15 is 0 Å². The predicted octanol–water partition coefficient (Wildman–Crippen LogP) is 6.65. The molecule has 0 fully saturated rings. The lowest BCUT2D eigenvalue weighted by molar-refractivity contribution is 0.262. The molecule has 2 N–H and O–H groups in total. The van der Waals surface area contributed by atoms with Gasteiger partial charge in [-0.2, -0.15) is 0 Å². The van der Waals surface area contributed by atoms with Crippen LogP contribution in [0.3, 0.4) is 0 Å². The zero-order valence-corrected chi connectivity index (χ0v) is 17.8. The topological polar surface area (TPSA) is 71.3 Å². The molecule has 32 heavy (non-hydrogen) atoms. The largest absolute Gasteiger partial charge is 0.421 e. The van der Waals surface area contributed by atoms with Gasteiger partial charge in [0.05, 0.1) is 5.69 Å². The van der Waals surface area contributed by atoms with E-state index in [0.29, 0.717) is 33.2 Å². The van der Waals surface area contributed by atoms with Crippen LogP contribution in [-0.2, 0) is 0 Å². The van der Waals surface area contributed by atoms with Gasteiger partial charge in [0.1, 0.15) is 22.9 Å². The number of benzene rings is 3. The van der Waals surface area contributed by atoms with E-state index in [0.717, 1.165) is 23.3 Å². The van der Waals surface area contributed by atoms with Crippen LogP contribution >= 0.6 is 11.6 Å². The number of halogens is 3. The summed E-state index contributed by atoms with van der Waals surface area (Å²) >= 11 is 6.33. The van der Waals surface area contributed by atoms with Gasteiger partial charge in [0.2, 0.25) is 0 Å². The second kappa shape index (κ2) is 8.43. The van der Waals surface area contributed by atoms with Crippen LogP contribution in [0.2, 0.25) is 5.02 Å². The molecule has 162 valence electrons. The minimum absolute atomic E-state index is 0.133. The number of urea groups is 1. The van der Waals surface area contributed by atoms with Gasteiger partial charge in [0, 0.05) is 22.0 Å². The molecule has 2 amide bonds. The van der Waals surface area contributed by atoms with Crippen LogP contribution in [0.1, 0.15) is 11.1 Å². The third-order valence-electron chi connectivity index (χ3n) is 5.02. The molecular weight excluding hydrogens is 438 g/mol. The molecule has 0 bridgehead atoms. The Morgan fingerprint density at radius 3 is 2.44 bits per heavy atom. The zero-order chi connectivity index (χ0) is 23.0. The van der Waals surface area contributed by atoms with E-state index in [-0.39, 0.29) is 11.4 Å². The first-order valence-electron chi connectivity index (χ1n) is 9.60. The maximum absolute atomic E-state index is 13.9. The van der Waals surface area contributed by atoms with E-state index in [2.05, 4.69) is 10.6 Å². The van der Waals surface area contributed by atoms with E-state index < -0.39 is 23.3 Å². The number of rotatable bonds is 3. The summed E-state index contributed by atoms with van der Waals surface area (Å²) in [7, 11) is 0. The Labute approximate surface area is 186 Å². The lowest BCUT2D eigenvalue weighted by atomic mass is 9.96. The van der Waals surface area contributed by atoms with Gasteiger partial charge in [-0.05, 0) is 54.8 Å². The van der Waals surface area contributed by atoms with Crippen molar-refractivity contribution < 1.29 is 18.0 Å². The van der Waals surface area contributed by atoms with E-state index in [1.54, 1.807) is 31.2 Å². The van der Waals surface area contributed by atoms with Gasteiger partial charge in [-0.3, -0.25) is 0 Å². The summed E-state index contributed by atoms with van der Waals surface area (Å²) in [6, 6.07) is 12.5. The van der Waals surface area contributed by atoms with Crippen molar-refractivity contribution in [3.8, 4) is 11.1 Å². The van der Waals surface area contributed by atoms with Gasteiger partial charge in [-0.15, -0.1) is 0 Å². The van der Waals surface area contributed by atoms with Crippen molar-refractivity contribution in [2.45, 2.75) is 13.8 Å². The first kappa shape index (κ1) is 21.5. The molecule has 5 nitrogen and oxygen atoms in total. The van der Waals surface area contributed by atoms with E-state index in [9.17, 15) is 18.4 Å². The quantitative estimate of drug-likeness (QED) is 0.340. The number of hydrogen-bond acceptors (Lipinski definition) is 3. The summed E-state index contributed by atoms with van der Waals surface area (Å²) in [5, 5.41) is 5.73. The summed E-state index contributed by atoms with van der Waals surface area (Å²) in [4.78, 5) is 25.5. The molecule has 0 atom stereocenters. The molecule has 4 aromatic rings. The Balaban J connectivity index is 1.87. The van der Waals surface area contributed by atoms with Crippen molar-refractivity contribution in [1.29, 1.82) is 0 Å². The van der Waals surface area contributed by atoms with Crippen molar-refractivity contribution in [3.05, 3.63) is 92.8 Å². The molecule has 0 spiro atoms. The molecular formula is C24H17ClF2N2O3. The number of nitrogens with one attached hydrogen (secondary N) is 2. The summed E-state index contributed by atoms with van der Waals surface area (Å²) < 4.78 is 32.5. The monoisotopic (exact) mass is 454 g/mol. The zero-order valence-electron chi connectivity index (χ0n) is 17.1. The molecule has 1 aromatic heterocycles. The second-order valence-corrected chi connectivity index (χ2v) is 7.66. The Kier molecular flexibility index (Phi) is 5.67. The van der Waals surface area contributed by atoms with Crippen molar-refractivity contribution >= 4 is 40.0 Å².